The predicted molar refractivity (Wildman–Crippen MR) is 64.1 cm³/mol. The maximum absolute atomic E-state index is 11.4. The number of hydrogen-bond acceptors (Lipinski definition) is 5. The zero-order chi connectivity index (χ0) is 13.1. The standard InChI is InChI=1S/C12H13NO4S.Na/c1-17-9-2-3-10-8(6-9)7-13(4-5-18-10)11(14)12(15)16;/h2-3,6H,4-5,7H2,1H3,(H,15,16);/q;+1/p-1. The van der Waals surface area contributed by atoms with Crippen molar-refractivity contribution in [2.45, 2.75) is 11.4 Å². The van der Waals surface area contributed by atoms with E-state index < -0.39 is 11.9 Å². The molecule has 1 amide bonds. The summed E-state index contributed by atoms with van der Waals surface area (Å²) < 4.78 is 5.12. The Morgan fingerprint density at radius 1 is 1.42 bits per heavy atom. The van der Waals surface area contributed by atoms with Gasteiger partial charge in [-0.05, 0) is 23.8 Å². The average molecular weight is 289 g/mol. The van der Waals surface area contributed by atoms with Gasteiger partial charge in [-0.1, -0.05) is 0 Å². The van der Waals surface area contributed by atoms with Crippen LogP contribution in [0.4, 0.5) is 0 Å². The van der Waals surface area contributed by atoms with Crippen LogP contribution in [0.15, 0.2) is 23.1 Å². The van der Waals surface area contributed by atoms with E-state index in [1.165, 1.54) is 4.90 Å². The molecule has 1 aromatic carbocycles. The van der Waals surface area contributed by atoms with Gasteiger partial charge in [0.25, 0.3) is 5.91 Å². The van der Waals surface area contributed by atoms with Crippen molar-refractivity contribution < 1.29 is 49.0 Å². The number of carbonyl (C=O) groups excluding carboxylic acids is 2. The van der Waals surface area contributed by atoms with Crippen molar-refractivity contribution in [3.63, 3.8) is 0 Å². The molecule has 0 saturated heterocycles. The zero-order valence-corrected chi connectivity index (χ0v) is 13.7. The maximum Gasteiger partial charge on any atom is 1.00 e. The van der Waals surface area contributed by atoms with Crippen LogP contribution in [0.3, 0.4) is 0 Å². The molecule has 1 aliphatic rings. The first-order valence-corrected chi connectivity index (χ1v) is 6.40. The summed E-state index contributed by atoms with van der Waals surface area (Å²) in [4.78, 5) is 24.4. The average Bonchev–Trinajstić information content (AvgIpc) is 2.58. The van der Waals surface area contributed by atoms with Crippen LogP contribution in [0, 0.1) is 0 Å². The molecule has 0 unspecified atom stereocenters. The number of carboxylic acid groups (broad SMARTS) is 1. The second-order valence-corrected chi connectivity index (χ2v) is 4.97. The molecule has 0 radical (unpaired) electrons. The second-order valence-electron chi connectivity index (χ2n) is 3.84. The van der Waals surface area contributed by atoms with Gasteiger partial charge in [-0.2, -0.15) is 0 Å². The Kier molecular flexibility index (Phi) is 6.19. The van der Waals surface area contributed by atoms with E-state index in [4.69, 9.17) is 4.74 Å². The van der Waals surface area contributed by atoms with E-state index >= 15 is 0 Å². The number of aliphatic carboxylic acids is 1. The predicted octanol–water partition coefficient (Wildman–Crippen LogP) is -3.12. The number of rotatable bonds is 1. The minimum absolute atomic E-state index is 0. The SMILES string of the molecule is COc1ccc2c(c1)CN(C(=O)C(=O)[O-])CCS2.[Na+]. The molecule has 1 heterocycles. The number of amides is 1. The number of fused-ring (bicyclic) bond motifs is 1. The fraction of sp³-hybridized carbons (Fsp3) is 0.333. The Morgan fingerprint density at radius 2 is 2.16 bits per heavy atom. The summed E-state index contributed by atoms with van der Waals surface area (Å²) in [6, 6.07) is 5.59. The van der Waals surface area contributed by atoms with Crippen LogP contribution < -0.4 is 39.4 Å². The Hall–Kier alpha value is -0.690. The van der Waals surface area contributed by atoms with Crippen LogP contribution in [-0.2, 0) is 16.1 Å². The number of carbonyl (C=O) groups is 2. The molecule has 0 spiro atoms. The first-order chi connectivity index (χ1) is 8.61. The summed E-state index contributed by atoms with van der Waals surface area (Å²) in [5.74, 6) is -1.27. The summed E-state index contributed by atoms with van der Waals surface area (Å²) in [6.45, 7) is 0.667. The molecule has 19 heavy (non-hydrogen) atoms. The van der Waals surface area contributed by atoms with Gasteiger partial charge in [-0.25, -0.2) is 0 Å². The van der Waals surface area contributed by atoms with Gasteiger partial charge >= 0.3 is 29.6 Å². The number of thioether (sulfide) groups is 1. The fourth-order valence-corrected chi connectivity index (χ4v) is 2.80. The molecule has 1 aromatic rings. The van der Waals surface area contributed by atoms with E-state index in [-0.39, 0.29) is 36.1 Å². The van der Waals surface area contributed by atoms with Crippen molar-refractivity contribution in [2.75, 3.05) is 19.4 Å². The zero-order valence-electron chi connectivity index (χ0n) is 10.8. The molecular weight excluding hydrogens is 277 g/mol. The molecule has 1 aliphatic heterocycles. The molecule has 0 N–H and O–H groups in total. The minimum Gasteiger partial charge on any atom is -0.540 e. The van der Waals surface area contributed by atoms with Gasteiger partial charge in [-0.3, -0.25) is 4.79 Å². The second kappa shape index (κ2) is 7.19. The van der Waals surface area contributed by atoms with Gasteiger partial charge in [0.1, 0.15) is 11.7 Å². The van der Waals surface area contributed by atoms with Crippen LogP contribution >= 0.6 is 11.8 Å². The third kappa shape index (κ3) is 3.89. The molecule has 0 aliphatic carbocycles. The van der Waals surface area contributed by atoms with Gasteiger partial charge in [0.05, 0.1) is 7.11 Å². The van der Waals surface area contributed by atoms with Gasteiger partial charge in [-0.15, -0.1) is 11.8 Å². The topological polar surface area (TPSA) is 69.7 Å². The first kappa shape index (κ1) is 16.4. The van der Waals surface area contributed by atoms with Crippen LogP contribution in [0.1, 0.15) is 5.56 Å². The van der Waals surface area contributed by atoms with Gasteiger partial charge in [0.15, 0.2) is 0 Å². The van der Waals surface area contributed by atoms with Gasteiger partial charge in [0.2, 0.25) is 0 Å². The van der Waals surface area contributed by atoms with Crippen LogP contribution in [-0.4, -0.2) is 36.2 Å². The van der Waals surface area contributed by atoms with E-state index in [2.05, 4.69) is 0 Å². The van der Waals surface area contributed by atoms with Gasteiger partial charge < -0.3 is 19.5 Å². The molecular formula is C12H12NNaO4S. The van der Waals surface area contributed by atoms with E-state index in [0.29, 0.717) is 18.0 Å². The number of ether oxygens (including phenoxy) is 1. The van der Waals surface area contributed by atoms with E-state index in [9.17, 15) is 14.7 Å². The molecule has 0 atom stereocenters. The van der Waals surface area contributed by atoms with Crippen molar-refractivity contribution in [1.29, 1.82) is 0 Å². The van der Waals surface area contributed by atoms with Crippen molar-refractivity contribution >= 4 is 23.6 Å². The molecule has 96 valence electrons. The smallest absolute Gasteiger partial charge is 0.540 e. The summed E-state index contributed by atoms with van der Waals surface area (Å²) in [5, 5.41) is 10.6. The summed E-state index contributed by atoms with van der Waals surface area (Å²) in [6.07, 6.45) is 0. The third-order valence-electron chi connectivity index (χ3n) is 2.71. The monoisotopic (exact) mass is 289 g/mol. The number of hydrogen-bond donors (Lipinski definition) is 0. The Balaban J connectivity index is 0.00000180. The maximum atomic E-state index is 11.4. The van der Waals surface area contributed by atoms with E-state index in [1.807, 2.05) is 18.2 Å². The third-order valence-corrected chi connectivity index (χ3v) is 3.81. The summed E-state index contributed by atoms with van der Waals surface area (Å²) >= 11 is 1.60. The molecule has 0 saturated carbocycles. The molecule has 5 nitrogen and oxygen atoms in total. The van der Waals surface area contributed by atoms with E-state index in [1.54, 1.807) is 18.9 Å². The van der Waals surface area contributed by atoms with Gasteiger partial charge in [0, 0.05) is 23.7 Å². The van der Waals surface area contributed by atoms with E-state index in [0.717, 1.165) is 10.5 Å². The molecule has 0 fully saturated rings. The summed E-state index contributed by atoms with van der Waals surface area (Å²) in [7, 11) is 1.57. The van der Waals surface area contributed by atoms with Crippen molar-refractivity contribution in [2.24, 2.45) is 0 Å². The minimum atomic E-state index is -1.66. The van der Waals surface area contributed by atoms with Crippen LogP contribution in [0.25, 0.3) is 0 Å². The number of carboxylic acids is 1. The Bertz CT molecular complexity index is 495. The molecule has 0 bridgehead atoms. The normalized spacial score (nSPS) is 13.8. The number of nitrogens with zero attached hydrogens (tertiary/aromatic N) is 1. The molecule has 7 heteroatoms. The number of benzene rings is 1. The number of methoxy groups -OCH3 is 1. The Morgan fingerprint density at radius 3 is 2.79 bits per heavy atom. The summed E-state index contributed by atoms with van der Waals surface area (Å²) in [5.41, 5.74) is 0.895. The first-order valence-electron chi connectivity index (χ1n) is 5.42. The van der Waals surface area contributed by atoms with Crippen LogP contribution in [0.5, 0.6) is 5.75 Å². The molecule has 2 rings (SSSR count). The Labute approximate surface area is 137 Å². The van der Waals surface area contributed by atoms with Crippen molar-refractivity contribution in [1.82, 2.24) is 4.90 Å². The largest absolute Gasteiger partial charge is 1.00 e. The van der Waals surface area contributed by atoms with Crippen LogP contribution in [0.2, 0.25) is 0 Å². The van der Waals surface area contributed by atoms with Crippen molar-refractivity contribution in [3.05, 3.63) is 23.8 Å². The fourth-order valence-electron chi connectivity index (χ4n) is 1.80. The van der Waals surface area contributed by atoms with Crippen molar-refractivity contribution in [3.8, 4) is 5.75 Å². The quantitative estimate of drug-likeness (QED) is 0.404. The molecule has 0 aromatic heterocycles.